The van der Waals surface area contributed by atoms with Gasteiger partial charge < -0.3 is 14.7 Å². The molecule has 2 atom stereocenters. The van der Waals surface area contributed by atoms with Crippen molar-refractivity contribution in [2.24, 2.45) is 0 Å². The largest absolute Gasteiger partial charge is 0.460 e. The molecule has 0 bridgehead atoms. The molecule has 1 aliphatic heterocycles. The summed E-state index contributed by atoms with van der Waals surface area (Å²) in [6, 6.07) is 25.2. The lowest BCUT2D eigenvalue weighted by atomic mass is 9.83. The maximum Gasteiger partial charge on any atom is 0.319 e. The van der Waals surface area contributed by atoms with E-state index in [1.54, 1.807) is 48.5 Å². The number of hydrogen-bond acceptors (Lipinski definition) is 4. The Hall–Kier alpha value is -2.96. The van der Waals surface area contributed by atoms with Crippen LogP contribution in [-0.2, 0) is 21.9 Å². The highest BCUT2D eigenvalue weighted by Gasteiger charge is 2.56. The quantitative estimate of drug-likeness (QED) is 0.407. The van der Waals surface area contributed by atoms with Crippen LogP contribution in [0.25, 0.3) is 0 Å². The number of nitrogens with zero attached hydrogens (tertiary/aromatic N) is 1. The minimum Gasteiger partial charge on any atom is -0.460 e. The highest BCUT2D eigenvalue weighted by atomic mass is 79.9. The lowest BCUT2D eigenvalue weighted by Gasteiger charge is -2.39. The van der Waals surface area contributed by atoms with Gasteiger partial charge >= 0.3 is 5.97 Å². The van der Waals surface area contributed by atoms with E-state index >= 15 is 0 Å². The van der Waals surface area contributed by atoms with Gasteiger partial charge in [-0.05, 0) is 17.2 Å². The Morgan fingerprint density at radius 1 is 0.968 bits per heavy atom. The van der Waals surface area contributed by atoms with Crippen molar-refractivity contribution in [1.29, 1.82) is 0 Å². The van der Waals surface area contributed by atoms with E-state index in [-0.39, 0.29) is 19.1 Å². The molecule has 1 aliphatic rings. The molecule has 3 aromatic carbocycles. The van der Waals surface area contributed by atoms with Crippen LogP contribution in [0.1, 0.15) is 33.0 Å². The number of fused-ring (bicyclic) bond motifs is 1. The Morgan fingerprint density at radius 2 is 1.58 bits per heavy atom. The van der Waals surface area contributed by atoms with Gasteiger partial charge in [0.2, 0.25) is 0 Å². The number of esters is 1. The molecule has 4 rings (SSSR count). The van der Waals surface area contributed by atoms with Gasteiger partial charge in [-0.2, -0.15) is 0 Å². The van der Waals surface area contributed by atoms with Crippen molar-refractivity contribution in [1.82, 2.24) is 4.90 Å². The molecule has 0 saturated heterocycles. The van der Waals surface area contributed by atoms with Gasteiger partial charge in [0.1, 0.15) is 12.5 Å². The molecular formula is C25H22BrNO4. The molecule has 6 heteroatoms. The minimum absolute atomic E-state index is 0.0765. The zero-order valence-corrected chi connectivity index (χ0v) is 18.4. The maximum absolute atomic E-state index is 13.4. The summed E-state index contributed by atoms with van der Waals surface area (Å²) in [5.41, 5.74) is 0.354. The Kier molecular flexibility index (Phi) is 6.20. The fourth-order valence-electron chi connectivity index (χ4n) is 4.09. The van der Waals surface area contributed by atoms with Crippen LogP contribution in [0.2, 0.25) is 0 Å². The molecule has 1 N–H and O–H groups in total. The van der Waals surface area contributed by atoms with E-state index in [1.807, 2.05) is 36.4 Å². The van der Waals surface area contributed by atoms with E-state index in [2.05, 4.69) is 15.9 Å². The molecule has 0 radical (unpaired) electrons. The lowest BCUT2D eigenvalue weighted by Crippen LogP contribution is -2.51. The molecule has 2 unspecified atom stereocenters. The number of benzene rings is 3. The van der Waals surface area contributed by atoms with Crippen LogP contribution < -0.4 is 0 Å². The van der Waals surface area contributed by atoms with E-state index in [1.165, 1.54) is 4.90 Å². The molecule has 158 valence electrons. The van der Waals surface area contributed by atoms with E-state index in [0.29, 0.717) is 22.0 Å². The number of alkyl halides is 1. The van der Waals surface area contributed by atoms with E-state index in [9.17, 15) is 14.7 Å². The van der Waals surface area contributed by atoms with Gasteiger partial charge in [0.15, 0.2) is 5.72 Å². The monoisotopic (exact) mass is 479 g/mol. The predicted molar refractivity (Wildman–Crippen MR) is 121 cm³/mol. The summed E-state index contributed by atoms with van der Waals surface area (Å²) >= 11 is 3.37. The summed E-state index contributed by atoms with van der Waals surface area (Å²) in [5, 5.41) is 12.5. The van der Waals surface area contributed by atoms with Gasteiger partial charge in [-0.25, -0.2) is 0 Å². The number of ether oxygens (including phenoxy) is 1. The summed E-state index contributed by atoms with van der Waals surface area (Å²) in [4.78, 5) is 27.9. The molecular weight excluding hydrogens is 458 g/mol. The molecule has 5 nitrogen and oxygen atoms in total. The van der Waals surface area contributed by atoms with Gasteiger partial charge in [-0.15, -0.1) is 0 Å². The predicted octanol–water partition coefficient (Wildman–Crippen LogP) is 4.21. The average Bonchev–Trinajstić information content (AvgIpc) is 3.02. The summed E-state index contributed by atoms with van der Waals surface area (Å²) in [5.74, 6) is -2.01. The average molecular weight is 480 g/mol. The van der Waals surface area contributed by atoms with Crippen molar-refractivity contribution in [2.45, 2.75) is 18.2 Å². The van der Waals surface area contributed by atoms with Crippen molar-refractivity contribution in [2.75, 3.05) is 11.9 Å². The molecule has 0 fully saturated rings. The van der Waals surface area contributed by atoms with Crippen molar-refractivity contribution >= 4 is 27.8 Å². The Morgan fingerprint density at radius 3 is 2.26 bits per heavy atom. The topological polar surface area (TPSA) is 66.8 Å². The normalized spacial score (nSPS) is 18.5. The highest BCUT2D eigenvalue weighted by molar-refractivity contribution is 9.09. The van der Waals surface area contributed by atoms with Crippen LogP contribution in [0, 0.1) is 0 Å². The Bertz CT molecular complexity index is 1070. The van der Waals surface area contributed by atoms with E-state index < -0.39 is 17.6 Å². The van der Waals surface area contributed by atoms with E-state index in [0.717, 1.165) is 5.56 Å². The standard InChI is InChI=1S/C25H22BrNO4/c26-15-16-27-23(28)20-13-7-8-14-21(20)25(27,30)22(19-11-5-2-6-12-19)24(29)31-17-18-9-3-1-4-10-18/h1-14,22,30H,15-17H2. The van der Waals surface area contributed by atoms with Gasteiger partial charge in [0.25, 0.3) is 5.91 Å². The molecule has 0 saturated carbocycles. The molecule has 3 aromatic rings. The first-order valence-electron chi connectivity index (χ1n) is 10.0. The summed E-state index contributed by atoms with van der Waals surface area (Å²) in [7, 11) is 0. The number of amides is 1. The third-order valence-electron chi connectivity index (χ3n) is 5.51. The molecule has 0 aliphatic carbocycles. The van der Waals surface area contributed by atoms with Crippen LogP contribution in [0.15, 0.2) is 84.9 Å². The van der Waals surface area contributed by atoms with Gasteiger partial charge in [0, 0.05) is 23.0 Å². The van der Waals surface area contributed by atoms with Crippen molar-refractivity contribution < 1.29 is 19.4 Å². The maximum atomic E-state index is 13.4. The summed E-state index contributed by atoms with van der Waals surface area (Å²) < 4.78 is 5.65. The SMILES string of the molecule is O=C(OCc1ccccc1)C(c1ccccc1)C1(O)c2ccccc2C(=O)N1CCBr. The van der Waals surface area contributed by atoms with Crippen molar-refractivity contribution in [3.63, 3.8) is 0 Å². The van der Waals surface area contributed by atoms with Gasteiger partial charge in [-0.1, -0.05) is 94.8 Å². The Labute approximate surface area is 189 Å². The molecule has 0 aromatic heterocycles. The van der Waals surface area contributed by atoms with Crippen LogP contribution in [0.5, 0.6) is 0 Å². The van der Waals surface area contributed by atoms with E-state index in [4.69, 9.17) is 4.74 Å². The second kappa shape index (κ2) is 9.04. The third-order valence-corrected chi connectivity index (χ3v) is 5.87. The lowest BCUT2D eigenvalue weighted by molar-refractivity contribution is -0.166. The molecule has 1 amide bonds. The highest BCUT2D eigenvalue weighted by Crippen LogP contribution is 2.47. The summed E-state index contributed by atoms with van der Waals surface area (Å²) in [6.45, 7) is 0.312. The first-order chi connectivity index (χ1) is 15.1. The zero-order chi connectivity index (χ0) is 21.8. The minimum atomic E-state index is -1.86. The molecule has 31 heavy (non-hydrogen) atoms. The zero-order valence-electron chi connectivity index (χ0n) is 16.8. The number of aliphatic hydroxyl groups is 1. The third kappa shape index (κ3) is 3.89. The number of carbonyl (C=O) groups excluding carboxylic acids is 2. The van der Waals surface area contributed by atoms with Crippen LogP contribution >= 0.6 is 15.9 Å². The second-order valence-electron chi connectivity index (χ2n) is 7.35. The fourth-order valence-corrected chi connectivity index (χ4v) is 4.45. The second-order valence-corrected chi connectivity index (χ2v) is 8.15. The first kappa shape index (κ1) is 21.3. The molecule has 1 heterocycles. The smallest absolute Gasteiger partial charge is 0.319 e. The van der Waals surface area contributed by atoms with Gasteiger partial charge in [-0.3, -0.25) is 9.59 Å². The van der Waals surface area contributed by atoms with Crippen LogP contribution in [0.4, 0.5) is 0 Å². The van der Waals surface area contributed by atoms with Crippen LogP contribution in [-0.4, -0.2) is 33.8 Å². The number of carbonyl (C=O) groups is 2. The number of hydrogen-bond donors (Lipinski definition) is 1. The van der Waals surface area contributed by atoms with Crippen molar-refractivity contribution in [3.8, 4) is 0 Å². The fraction of sp³-hybridized carbons (Fsp3) is 0.200. The first-order valence-corrected chi connectivity index (χ1v) is 11.1. The van der Waals surface area contributed by atoms with Crippen LogP contribution in [0.3, 0.4) is 0 Å². The number of rotatable bonds is 7. The van der Waals surface area contributed by atoms with Gasteiger partial charge in [0.05, 0.1) is 0 Å². The number of halogens is 1. The molecule has 0 spiro atoms. The Balaban J connectivity index is 1.78. The summed E-state index contributed by atoms with van der Waals surface area (Å²) in [6.07, 6.45) is 0. The van der Waals surface area contributed by atoms with Crippen molar-refractivity contribution in [3.05, 3.63) is 107 Å².